The average Bonchev–Trinajstić information content (AvgIpc) is 2.62. The second-order valence-corrected chi connectivity index (χ2v) is 7.15. The highest BCUT2D eigenvalue weighted by Crippen LogP contribution is 2.37. The Morgan fingerprint density at radius 1 is 1.08 bits per heavy atom. The second kappa shape index (κ2) is 11.4. The number of halogens is 2. The minimum atomic E-state index is 0.237. The molecule has 0 radical (unpaired) electrons. The number of hydrogen-bond donors (Lipinski definition) is 2. The molecule has 0 aliphatic heterocycles. The average molecular weight is 443 g/mol. The van der Waals surface area contributed by atoms with Gasteiger partial charge in [0.25, 0.3) is 0 Å². The molecule has 0 unspecified atom stereocenters. The molecule has 0 spiro atoms. The Morgan fingerprint density at radius 2 is 1.85 bits per heavy atom. The molecule has 0 aliphatic carbocycles. The Morgan fingerprint density at radius 3 is 2.54 bits per heavy atom. The van der Waals surface area contributed by atoms with Crippen LogP contribution in [0.1, 0.15) is 30.9 Å². The summed E-state index contributed by atoms with van der Waals surface area (Å²) in [7, 11) is 0. The number of aliphatic hydroxyl groups excluding tert-OH is 1. The Labute approximate surface area is 168 Å². The maximum Gasteiger partial charge on any atom is 0.175 e. The fourth-order valence-corrected chi connectivity index (χ4v) is 3.19. The number of hydrogen-bond acceptors (Lipinski definition) is 4. The highest BCUT2D eigenvalue weighted by Gasteiger charge is 2.12. The van der Waals surface area contributed by atoms with Crippen LogP contribution in [0.5, 0.6) is 11.5 Å². The van der Waals surface area contributed by atoms with Gasteiger partial charge in [0.05, 0.1) is 11.1 Å². The monoisotopic (exact) mass is 441 g/mol. The first-order chi connectivity index (χ1) is 12.6. The first-order valence-corrected chi connectivity index (χ1v) is 9.95. The number of rotatable bonds is 11. The summed E-state index contributed by atoms with van der Waals surface area (Å²) in [5, 5.41) is 12.9. The third-order valence-electron chi connectivity index (χ3n) is 3.76. The molecule has 0 bridgehead atoms. The van der Waals surface area contributed by atoms with Gasteiger partial charge in [0.15, 0.2) is 11.5 Å². The van der Waals surface area contributed by atoms with Crippen molar-refractivity contribution in [3.8, 4) is 11.5 Å². The molecule has 0 saturated heterocycles. The molecule has 26 heavy (non-hydrogen) atoms. The van der Waals surface area contributed by atoms with Gasteiger partial charge in [-0.2, -0.15) is 0 Å². The van der Waals surface area contributed by atoms with E-state index in [9.17, 15) is 0 Å². The molecule has 4 nitrogen and oxygen atoms in total. The lowest BCUT2D eigenvalue weighted by atomic mass is 10.2. The molecular weight excluding hydrogens is 418 g/mol. The van der Waals surface area contributed by atoms with Crippen LogP contribution in [0.25, 0.3) is 0 Å². The smallest absolute Gasteiger partial charge is 0.175 e. The molecule has 0 fully saturated rings. The lowest BCUT2D eigenvalue weighted by Crippen LogP contribution is -2.15. The van der Waals surface area contributed by atoms with Gasteiger partial charge in [0.2, 0.25) is 0 Å². The van der Waals surface area contributed by atoms with Crippen LogP contribution in [0, 0.1) is 0 Å². The van der Waals surface area contributed by atoms with E-state index in [1.165, 1.54) is 0 Å². The van der Waals surface area contributed by atoms with Gasteiger partial charge in [-0.25, -0.2) is 0 Å². The molecule has 0 heterocycles. The van der Waals surface area contributed by atoms with Crippen LogP contribution in [-0.2, 0) is 13.2 Å². The van der Waals surface area contributed by atoms with E-state index in [1.54, 1.807) is 0 Å². The van der Waals surface area contributed by atoms with E-state index in [2.05, 4.69) is 21.2 Å². The van der Waals surface area contributed by atoms with Gasteiger partial charge in [-0.1, -0.05) is 23.7 Å². The predicted octanol–water partition coefficient (Wildman–Crippen LogP) is 4.94. The minimum Gasteiger partial charge on any atom is -0.490 e. The van der Waals surface area contributed by atoms with Gasteiger partial charge in [-0.05, 0) is 77.6 Å². The Balaban J connectivity index is 2.03. The van der Waals surface area contributed by atoms with Gasteiger partial charge < -0.3 is 19.9 Å². The largest absolute Gasteiger partial charge is 0.490 e. The van der Waals surface area contributed by atoms with Gasteiger partial charge in [0.1, 0.15) is 6.61 Å². The van der Waals surface area contributed by atoms with E-state index in [0.717, 1.165) is 47.3 Å². The van der Waals surface area contributed by atoms with E-state index in [-0.39, 0.29) is 6.61 Å². The lowest BCUT2D eigenvalue weighted by Gasteiger charge is -2.16. The van der Waals surface area contributed by atoms with E-state index >= 15 is 0 Å². The molecule has 2 aromatic rings. The van der Waals surface area contributed by atoms with Crippen molar-refractivity contribution in [2.24, 2.45) is 0 Å². The highest BCUT2D eigenvalue weighted by atomic mass is 79.9. The molecule has 0 amide bonds. The summed E-state index contributed by atoms with van der Waals surface area (Å²) in [4.78, 5) is 0. The van der Waals surface area contributed by atoms with Crippen molar-refractivity contribution < 1.29 is 14.6 Å². The molecule has 2 rings (SSSR count). The molecule has 2 N–H and O–H groups in total. The zero-order chi connectivity index (χ0) is 18.8. The molecule has 0 aliphatic rings. The third-order valence-corrected chi connectivity index (χ3v) is 4.60. The first kappa shape index (κ1) is 21.0. The number of ether oxygens (including phenoxy) is 2. The number of unbranched alkanes of at least 4 members (excludes halogenated alkanes) is 1. The summed E-state index contributed by atoms with van der Waals surface area (Å²) < 4.78 is 12.6. The Bertz CT molecular complexity index is 680. The van der Waals surface area contributed by atoms with Crippen LogP contribution in [0.4, 0.5) is 0 Å². The molecule has 142 valence electrons. The fourth-order valence-electron chi connectivity index (χ4n) is 2.46. The van der Waals surface area contributed by atoms with Gasteiger partial charge in [-0.3, -0.25) is 0 Å². The van der Waals surface area contributed by atoms with Crippen molar-refractivity contribution in [3.63, 3.8) is 0 Å². The summed E-state index contributed by atoms with van der Waals surface area (Å²) in [5.74, 6) is 1.42. The van der Waals surface area contributed by atoms with Crippen molar-refractivity contribution in [3.05, 3.63) is 57.0 Å². The lowest BCUT2D eigenvalue weighted by molar-refractivity contribution is 0.267. The van der Waals surface area contributed by atoms with Crippen molar-refractivity contribution >= 4 is 27.5 Å². The maximum absolute atomic E-state index is 8.82. The van der Waals surface area contributed by atoms with Gasteiger partial charge in [-0.15, -0.1) is 0 Å². The van der Waals surface area contributed by atoms with Crippen molar-refractivity contribution in [2.45, 2.75) is 32.9 Å². The second-order valence-electron chi connectivity index (χ2n) is 5.86. The van der Waals surface area contributed by atoms with Crippen molar-refractivity contribution in [1.82, 2.24) is 5.32 Å². The molecule has 0 saturated carbocycles. The summed E-state index contributed by atoms with van der Waals surface area (Å²) in [6, 6.07) is 11.6. The summed E-state index contributed by atoms with van der Waals surface area (Å²) in [6.07, 6.45) is 1.77. The maximum atomic E-state index is 8.82. The standard InChI is InChI=1S/C20H25BrClNO3/c1-2-25-19-12-16(13-23-9-3-4-10-24)11-18(21)20(19)26-14-15-5-7-17(22)8-6-15/h5-8,11-12,23-24H,2-4,9-10,13-14H2,1H3. The number of aliphatic hydroxyl groups is 1. The van der Waals surface area contributed by atoms with E-state index < -0.39 is 0 Å². The molecular formula is C20H25BrClNO3. The summed E-state index contributed by atoms with van der Waals surface area (Å²) >= 11 is 9.52. The summed E-state index contributed by atoms with van der Waals surface area (Å²) in [6.45, 7) is 4.81. The Kier molecular flexibility index (Phi) is 9.26. The predicted molar refractivity (Wildman–Crippen MR) is 109 cm³/mol. The molecule has 0 aromatic heterocycles. The SMILES string of the molecule is CCOc1cc(CNCCCCO)cc(Br)c1OCc1ccc(Cl)cc1. The van der Waals surface area contributed by atoms with Crippen LogP contribution in [0.2, 0.25) is 5.02 Å². The molecule has 0 atom stereocenters. The molecule has 2 aromatic carbocycles. The van der Waals surface area contributed by atoms with Gasteiger partial charge in [0, 0.05) is 18.2 Å². The Hall–Kier alpha value is -1.27. The highest BCUT2D eigenvalue weighted by molar-refractivity contribution is 9.10. The zero-order valence-electron chi connectivity index (χ0n) is 14.9. The van der Waals surface area contributed by atoms with E-state index in [1.807, 2.05) is 43.3 Å². The topological polar surface area (TPSA) is 50.7 Å². The van der Waals surface area contributed by atoms with Crippen LogP contribution in [0.3, 0.4) is 0 Å². The minimum absolute atomic E-state index is 0.237. The normalized spacial score (nSPS) is 10.8. The van der Waals surface area contributed by atoms with E-state index in [4.69, 9.17) is 26.2 Å². The van der Waals surface area contributed by atoms with Crippen molar-refractivity contribution in [2.75, 3.05) is 19.8 Å². The summed E-state index contributed by atoms with van der Waals surface area (Å²) in [5.41, 5.74) is 2.15. The third kappa shape index (κ3) is 6.80. The number of benzene rings is 2. The van der Waals surface area contributed by atoms with Gasteiger partial charge >= 0.3 is 0 Å². The molecule has 6 heteroatoms. The zero-order valence-corrected chi connectivity index (χ0v) is 17.3. The van der Waals surface area contributed by atoms with Crippen LogP contribution >= 0.6 is 27.5 Å². The van der Waals surface area contributed by atoms with Crippen LogP contribution in [0.15, 0.2) is 40.9 Å². The van der Waals surface area contributed by atoms with E-state index in [0.29, 0.717) is 24.0 Å². The number of nitrogens with one attached hydrogen (secondary N) is 1. The quantitative estimate of drug-likeness (QED) is 0.484. The van der Waals surface area contributed by atoms with Crippen molar-refractivity contribution in [1.29, 1.82) is 0 Å². The van der Waals surface area contributed by atoms with Crippen LogP contribution in [-0.4, -0.2) is 24.9 Å². The van der Waals surface area contributed by atoms with Crippen LogP contribution < -0.4 is 14.8 Å². The first-order valence-electron chi connectivity index (χ1n) is 8.78. The fraction of sp³-hybridized carbons (Fsp3) is 0.400.